The number of rotatable bonds is 3. The lowest BCUT2D eigenvalue weighted by molar-refractivity contribution is 0.0601. The average Bonchev–Trinajstić information content (AvgIpc) is 2.58. The number of aliphatic hydroxyl groups is 1. The summed E-state index contributed by atoms with van der Waals surface area (Å²) < 4.78 is 4.77. The second-order valence-electron chi connectivity index (χ2n) is 5.22. The molecule has 0 bridgehead atoms. The number of benzene rings is 3. The van der Waals surface area contributed by atoms with E-state index in [1.54, 1.807) is 19.1 Å². The molecule has 0 aliphatic rings. The van der Waals surface area contributed by atoms with Crippen LogP contribution in [0.25, 0.3) is 21.5 Å². The van der Waals surface area contributed by atoms with Gasteiger partial charge in [0.05, 0.1) is 18.4 Å². The average molecular weight is 308 g/mol. The Balaban J connectivity index is 2.30. The number of aliphatic hydroxyl groups excluding tert-OH is 1. The number of ether oxygens (including phenoxy) is 1. The first-order chi connectivity index (χ1) is 11.1. The van der Waals surface area contributed by atoms with Crippen LogP contribution in [0.2, 0.25) is 0 Å². The van der Waals surface area contributed by atoms with Crippen LogP contribution in [-0.4, -0.2) is 24.4 Å². The normalized spacial score (nSPS) is 12.8. The lowest BCUT2D eigenvalue weighted by Crippen LogP contribution is -2.00. The number of hydrogen-bond acceptors (Lipinski definition) is 5. The van der Waals surface area contributed by atoms with Crippen molar-refractivity contribution in [1.29, 1.82) is 0 Å². The highest BCUT2D eigenvalue weighted by atomic mass is 16.5. The van der Waals surface area contributed by atoms with Gasteiger partial charge in [-0.3, -0.25) is 0 Å². The quantitative estimate of drug-likeness (QED) is 0.448. The second kappa shape index (κ2) is 6.14. The molecule has 116 valence electrons. The van der Waals surface area contributed by atoms with Crippen molar-refractivity contribution in [2.75, 3.05) is 7.11 Å². The highest BCUT2D eigenvalue weighted by Crippen LogP contribution is 2.34. The summed E-state index contributed by atoms with van der Waals surface area (Å²) in [4.78, 5) is 11.7. The molecule has 0 amide bonds. The van der Waals surface area contributed by atoms with Crippen LogP contribution in [0.3, 0.4) is 0 Å². The SMILES string of the molecule is COC(=O)c1ccc2c(c1)cc(N=NC(C)O)c1ccccc12. The van der Waals surface area contributed by atoms with Crippen molar-refractivity contribution in [3.63, 3.8) is 0 Å². The number of carbonyl (C=O) groups is 1. The maximum atomic E-state index is 11.7. The van der Waals surface area contributed by atoms with E-state index >= 15 is 0 Å². The molecule has 0 fully saturated rings. The molecule has 3 rings (SSSR count). The smallest absolute Gasteiger partial charge is 0.337 e. The van der Waals surface area contributed by atoms with Crippen molar-refractivity contribution in [3.05, 3.63) is 54.1 Å². The molecule has 1 atom stereocenters. The van der Waals surface area contributed by atoms with E-state index in [0.29, 0.717) is 11.3 Å². The molecule has 23 heavy (non-hydrogen) atoms. The molecule has 0 aliphatic carbocycles. The van der Waals surface area contributed by atoms with Crippen molar-refractivity contribution in [2.45, 2.75) is 13.2 Å². The summed E-state index contributed by atoms with van der Waals surface area (Å²) in [6.45, 7) is 1.54. The Morgan fingerprint density at radius 1 is 1.09 bits per heavy atom. The van der Waals surface area contributed by atoms with Crippen LogP contribution in [0.4, 0.5) is 5.69 Å². The zero-order valence-electron chi connectivity index (χ0n) is 12.9. The molecule has 5 heteroatoms. The molecule has 0 aliphatic heterocycles. The number of hydrogen-bond donors (Lipinski definition) is 1. The number of esters is 1. The van der Waals surface area contributed by atoms with E-state index in [2.05, 4.69) is 10.2 Å². The van der Waals surface area contributed by atoms with Crippen molar-refractivity contribution in [3.8, 4) is 0 Å². The summed E-state index contributed by atoms with van der Waals surface area (Å²) >= 11 is 0. The van der Waals surface area contributed by atoms with Crippen LogP contribution in [0.15, 0.2) is 58.8 Å². The molecule has 0 radical (unpaired) electrons. The van der Waals surface area contributed by atoms with Crippen LogP contribution in [-0.2, 0) is 4.74 Å². The summed E-state index contributed by atoms with van der Waals surface area (Å²) in [7, 11) is 1.36. The zero-order chi connectivity index (χ0) is 16.4. The molecule has 0 spiro atoms. The fraction of sp³-hybridized carbons (Fsp3) is 0.167. The van der Waals surface area contributed by atoms with E-state index in [1.165, 1.54) is 7.11 Å². The summed E-state index contributed by atoms with van der Waals surface area (Å²) in [6.07, 6.45) is -0.870. The molecule has 0 heterocycles. The predicted molar refractivity (Wildman–Crippen MR) is 89.0 cm³/mol. The molecular formula is C18H16N2O3. The van der Waals surface area contributed by atoms with Gasteiger partial charge in [0.25, 0.3) is 0 Å². The van der Waals surface area contributed by atoms with Gasteiger partial charge in [0.1, 0.15) is 0 Å². The fourth-order valence-electron chi connectivity index (χ4n) is 2.57. The standard InChI is InChI=1S/C18H16N2O3/c1-11(21)19-20-17-10-13-9-12(18(22)23-2)7-8-14(13)15-5-3-4-6-16(15)17/h3-11,21H,1-2H3. The first-order valence-corrected chi connectivity index (χ1v) is 7.23. The van der Waals surface area contributed by atoms with Crippen molar-refractivity contribution in [1.82, 2.24) is 0 Å². The molecule has 0 saturated heterocycles. The van der Waals surface area contributed by atoms with E-state index in [9.17, 15) is 9.90 Å². The first kappa shape index (κ1) is 15.1. The Kier molecular flexibility index (Phi) is 4.04. The zero-order valence-corrected chi connectivity index (χ0v) is 12.9. The maximum Gasteiger partial charge on any atom is 0.337 e. The summed E-state index contributed by atoms with van der Waals surface area (Å²) in [5, 5.41) is 21.1. The van der Waals surface area contributed by atoms with Crippen LogP contribution < -0.4 is 0 Å². The van der Waals surface area contributed by atoms with Crippen molar-refractivity contribution >= 4 is 33.2 Å². The number of methoxy groups -OCH3 is 1. The topological polar surface area (TPSA) is 71.2 Å². The molecule has 5 nitrogen and oxygen atoms in total. The monoisotopic (exact) mass is 308 g/mol. The Hall–Kier alpha value is -2.79. The largest absolute Gasteiger partial charge is 0.465 e. The van der Waals surface area contributed by atoms with Gasteiger partial charge < -0.3 is 9.84 Å². The third-order valence-electron chi connectivity index (χ3n) is 3.59. The molecule has 3 aromatic rings. The van der Waals surface area contributed by atoms with Crippen LogP contribution in [0, 0.1) is 0 Å². The minimum Gasteiger partial charge on any atom is -0.465 e. The van der Waals surface area contributed by atoms with Crippen LogP contribution in [0.1, 0.15) is 17.3 Å². The van der Waals surface area contributed by atoms with E-state index < -0.39 is 6.23 Å². The van der Waals surface area contributed by atoms with Crippen molar-refractivity contribution < 1.29 is 14.6 Å². The predicted octanol–water partition coefficient (Wildman–Crippen LogP) is 4.20. The van der Waals surface area contributed by atoms with Gasteiger partial charge in [0.15, 0.2) is 6.23 Å². The summed E-state index contributed by atoms with van der Waals surface area (Å²) in [6, 6.07) is 15.1. The van der Waals surface area contributed by atoms with Gasteiger partial charge >= 0.3 is 5.97 Å². The van der Waals surface area contributed by atoms with Gasteiger partial charge in [-0.1, -0.05) is 30.3 Å². The highest BCUT2D eigenvalue weighted by Gasteiger charge is 2.10. The van der Waals surface area contributed by atoms with E-state index in [4.69, 9.17) is 4.74 Å². The van der Waals surface area contributed by atoms with Crippen molar-refractivity contribution in [2.24, 2.45) is 10.2 Å². The second-order valence-corrected chi connectivity index (χ2v) is 5.22. The number of carbonyl (C=O) groups excluding carboxylic acids is 1. The van der Waals surface area contributed by atoms with Crippen LogP contribution in [0.5, 0.6) is 0 Å². The highest BCUT2D eigenvalue weighted by molar-refractivity contribution is 6.13. The minimum absolute atomic E-state index is 0.382. The van der Waals surface area contributed by atoms with Gasteiger partial charge in [-0.2, -0.15) is 10.2 Å². The third kappa shape index (κ3) is 2.91. The van der Waals surface area contributed by atoms with Gasteiger partial charge in [0.2, 0.25) is 0 Å². The fourth-order valence-corrected chi connectivity index (χ4v) is 2.57. The van der Waals surface area contributed by atoms with E-state index in [1.807, 2.05) is 36.4 Å². The Morgan fingerprint density at radius 2 is 1.83 bits per heavy atom. The Bertz CT molecular complexity index is 917. The Labute approximate surface area is 133 Å². The molecule has 3 aromatic carbocycles. The number of fused-ring (bicyclic) bond motifs is 3. The maximum absolute atomic E-state index is 11.7. The van der Waals surface area contributed by atoms with E-state index in [-0.39, 0.29) is 5.97 Å². The van der Waals surface area contributed by atoms with Gasteiger partial charge in [0, 0.05) is 5.39 Å². The number of nitrogens with zero attached hydrogens (tertiary/aromatic N) is 2. The van der Waals surface area contributed by atoms with Gasteiger partial charge in [-0.15, -0.1) is 0 Å². The van der Waals surface area contributed by atoms with E-state index in [0.717, 1.165) is 21.5 Å². The van der Waals surface area contributed by atoms with Crippen LogP contribution >= 0.6 is 0 Å². The minimum atomic E-state index is -0.870. The Morgan fingerprint density at radius 3 is 2.52 bits per heavy atom. The first-order valence-electron chi connectivity index (χ1n) is 7.23. The third-order valence-corrected chi connectivity index (χ3v) is 3.59. The molecular weight excluding hydrogens is 292 g/mol. The lowest BCUT2D eigenvalue weighted by Gasteiger charge is -2.08. The van der Waals surface area contributed by atoms with Gasteiger partial charge in [-0.25, -0.2) is 4.79 Å². The van der Waals surface area contributed by atoms with Gasteiger partial charge in [-0.05, 0) is 41.3 Å². The number of azo groups is 1. The summed E-state index contributed by atoms with van der Waals surface area (Å²) in [5.41, 5.74) is 1.13. The molecule has 0 aromatic heterocycles. The summed E-state index contributed by atoms with van der Waals surface area (Å²) in [5.74, 6) is -0.382. The molecule has 1 unspecified atom stereocenters. The lowest BCUT2D eigenvalue weighted by atomic mass is 9.99. The molecule has 0 saturated carbocycles. The molecule has 1 N–H and O–H groups in total.